The van der Waals surface area contributed by atoms with E-state index in [4.69, 9.17) is 16.3 Å². The molecule has 1 saturated heterocycles. The van der Waals surface area contributed by atoms with E-state index in [9.17, 15) is 13.2 Å². The van der Waals surface area contributed by atoms with Gasteiger partial charge in [0.05, 0.1) is 22.8 Å². The van der Waals surface area contributed by atoms with Crippen molar-refractivity contribution >= 4 is 50.5 Å². The number of aryl methyl sites for hydroxylation is 2. The average Bonchev–Trinajstić information content (AvgIpc) is 3.48. The lowest BCUT2D eigenvalue weighted by Gasteiger charge is -2.33. The maximum absolute atomic E-state index is 12.9. The monoisotopic (exact) mass is 601 g/mol. The van der Waals surface area contributed by atoms with Crippen molar-refractivity contribution in [1.82, 2.24) is 24.6 Å². The Bertz CT molecular complexity index is 1600. The van der Waals surface area contributed by atoms with Crippen molar-refractivity contribution in [3.8, 4) is 5.75 Å². The Morgan fingerprint density at radius 3 is 2.56 bits per heavy atom. The van der Waals surface area contributed by atoms with Crippen molar-refractivity contribution < 1.29 is 17.9 Å². The summed E-state index contributed by atoms with van der Waals surface area (Å²) < 4.78 is 33.5. The second kappa shape index (κ2) is 11.1. The van der Waals surface area contributed by atoms with E-state index in [1.54, 1.807) is 34.0 Å². The molecule has 220 valence electrons. The molecule has 4 heterocycles. The van der Waals surface area contributed by atoms with Crippen LogP contribution in [0.2, 0.25) is 5.02 Å². The van der Waals surface area contributed by atoms with Crippen LogP contribution in [0, 0.1) is 6.92 Å². The highest BCUT2D eigenvalue weighted by Crippen LogP contribution is 2.46. The fourth-order valence-corrected chi connectivity index (χ4v) is 6.88. The lowest BCUT2D eigenvalue weighted by molar-refractivity contribution is -0.129. The van der Waals surface area contributed by atoms with Gasteiger partial charge in [-0.15, -0.1) is 0 Å². The molecule has 13 heteroatoms. The van der Waals surface area contributed by atoms with E-state index < -0.39 is 15.1 Å². The minimum Gasteiger partial charge on any atom is -0.488 e. The standard InChI is InChI=1S/C28H36ClN7O4S/c1-15(2)41(38,39)27-23(14-35(6)34-27)31-26-21(29)13-30-28(33-26)32-22-11-16(3)24(20-12-17(4)40-25(20)22)19-7-9-36(10-8-19)18(5)37/h11,13-15,17,19H,7-10,12H2,1-6H3,(H2,30,31,32,33)/t17-/m1/s1. The van der Waals surface area contributed by atoms with Crippen molar-refractivity contribution in [2.45, 2.75) is 76.2 Å². The van der Waals surface area contributed by atoms with Gasteiger partial charge in [-0.1, -0.05) is 11.6 Å². The van der Waals surface area contributed by atoms with Crippen LogP contribution in [0.5, 0.6) is 5.75 Å². The third-order valence-electron chi connectivity index (χ3n) is 7.72. The number of hydrogen-bond donors (Lipinski definition) is 2. The second-order valence-electron chi connectivity index (χ2n) is 11.1. The van der Waals surface area contributed by atoms with Gasteiger partial charge in [-0.2, -0.15) is 10.1 Å². The lowest BCUT2D eigenvalue weighted by Crippen LogP contribution is -2.36. The summed E-state index contributed by atoms with van der Waals surface area (Å²) in [6, 6.07) is 2.06. The number of aromatic nitrogens is 4. The molecule has 41 heavy (non-hydrogen) atoms. The summed E-state index contributed by atoms with van der Waals surface area (Å²) in [5.74, 6) is 1.80. The summed E-state index contributed by atoms with van der Waals surface area (Å²) in [7, 11) is -2.00. The van der Waals surface area contributed by atoms with E-state index in [0.29, 0.717) is 5.92 Å². The number of anilines is 4. The second-order valence-corrected chi connectivity index (χ2v) is 14.0. The molecule has 3 aromatic rings. The number of halogens is 1. The number of amides is 1. The molecule has 0 spiro atoms. The molecule has 0 aliphatic carbocycles. The predicted molar refractivity (Wildman–Crippen MR) is 158 cm³/mol. The quantitative estimate of drug-likeness (QED) is 0.388. The minimum absolute atomic E-state index is 0.0266. The van der Waals surface area contributed by atoms with Crippen molar-refractivity contribution in [3.63, 3.8) is 0 Å². The zero-order valence-corrected chi connectivity index (χ0v) is 25.7. The van der Waals surface area contributed by atoms with Gasteiger partial charge in [-0.25, -0.2) is 13.4 Å². The van der Waals surface area contributed by atoms with Crippen molar-refractivity contribution in [1.29, 1.82) is 0 Å². The van der Waals surface area contributed by atoms with Gasteiger partial charge < -0.3 is 20.3 Å². The van der Waals surface area contributed by atoms with Crippen LogP contribution in [0.3, 0.4) is 0 Å². The number of hydrogen-bond acceptors (Lipinski definition) is 9. The first-order valence-electron chi connectivity index (χ1n) is 13.8. The van der Waals surface area contributed by atoms with E-state index in [-0.39, 0.29) is 39.5 Å². The van der Waals surface area contributed by atoms with E-state index in [2.05, 4.69) is 45.6 Å². The zero-order chi connectivity index (χ0) is 29.6. The topological polar surface area (TPSA) is 131 Å². The summed E-state index contributed by atoms with van der Waals surface area (Å²) in [5.41, 5.74) is 4.68. The first-order chi connectivity index (χ1) is 19.3. The summed E-state index contributed by atoms with van der Waals surface area (Å²) in [4.78, 5) is 22.7. The summed E-state index contributed by atoms with van der Waals surface area (Å²) in [6.07, 6.45) is 5.71. The fraction of sp³-hybridized carbons (Fsp3) is 0.500. The highest BCUT2D eigenvalue weighted by atomic mass is 35.5. The maximum atomic E-state index is 12.9. The van der Waals surface area contributed by atoms with Gasteiger partial charge in [0.15, 0.2) is 5.82 Å². The van der Waals surface area contributed by atoms with Crippen molar-refractivity contribution in [2.24, 2.45) is 7.05 Å². The smallest absolute Gasteiger partial charge is 0.229 e. The highest BCUT2D eigenvalue weighted by Gasteiger charge is 2.32. The van der Waals surface area contributed by atoms with Gasteiger partial charge in [-0.05, 0) is 63.6 Å². The fourth-order valence-electron chi connectivity index (χ4n) is 5.64. The number of likely N-dealkylation sites (tertiary alicyclic amines) is 1. The van der Waals surface area contributed by atoms with Crippen molar-refractivity contribution in [3.05, 3.63) is 40.2 Å². The molecule has 11 nitrogen and oxygen atoms in total. The Morgan fingerprint density at radius 2 is 1.90 bits per heavy atom. The summed E-state index contributed by atoms with van der Waals surface area (Å²) in [5, 5.41) is 10.0. The maximum Gasteiger partial charge on any atom is 0.229 e. The number of piperidine rings is 1. The molecule has 0 unspecified atom stereocenters. The van der Waals surface area contributed by atoms with E-state index in [1.165, 1.54) is 22.0 Å². The molecule has 2 N–H and O–H groups in total. The number of ether oxygens (including phenoxy) is 1. The first-order valence-corrected chi connectivity index (χ1v) is 15.7. The van der Waals surface area contributed by atoms with Gasteiger partial charge >= 0.3 is 0 Å². The molecule has 2 aromatic heterocycles. The molecule has 2 aliphatic heterocycles. The zero-order valence-electron chi connectivity index (χ0n) is 24.2. The normalized spacial score (nSPS) is 17.5. The van der Waals surface area contributed by atoms with Gasteiger partial charge in [0, 0.05) is 45.2 Å². The number of nitrogens with one attached hydrogen (secondary N) is 2. The van der Waals surface area contributed by atoms with Crippen LogP contribution in [-0.4, -0.2) is 63.4 Å². The number of benzene rings is 1. The molecule has 1 aromatic carbocycles. The largest absolute Gasteiger partial charge is 0.488 e. The summed E-state index contributed by atoms with van der Waals surface area (Å²) in [6.45, 7) is 10.5. The van der Waals surface area contributed by atoms with Gasteiger partial charge in [0.25, 0.3) is 0 Å². The number of nitrogens with zero attached hydrogens (tertiary/aromatic N) is 5. The van der Waals surface area contributed by atoms with Crippen LogP contribution in [0.25, 0.3) is 0 Å². The molecule has 0 radical (unpaired) electrons. The Labute approximate surface area is 245 Å². The third-order valence-corrected chi connectivity index (χ3v) is 10.1. The minimum atomic E-state index is -3.65. The SMILES string of the molecule is CC(=O)N1CCC(c2c(C)cc(Nc3ncc(Cl)c(Nc4cn(C)nc4S(=O)(=O)C(C)C)n3)c3c2C[C@@H](C)O3)CC1. The van der Waals surface area contributed by atoms with Crippen LogP contribution < -0.4 is 15.4 Å². The van der Waals surface area contributed by atoms with Crippen molar-refractivity contribution in [2.75, 3.05) is 23.7 Å². The molecular formula is C28H36ClN7O4S. The number of fused-ring (bicyclic) bond motifs is 1. The molecule has 5 rings (SSSR count). The van der Waals surface area contributed by atoms with Crippen LogP contribution in [0.15, 0.2) is 23.5 Å². The number of sulfone groups is 1. The number of carbonyl (C=O) groups excluding carboxylic acids is 1. The molecule has 0 saturated carbocycles. The van der Waals surface area contributed by atoms with Gasteiger partial charge in [0.2, 0.25) is 26.7 Å². The van der Waals surface area contributed by atoms with Crippen LogP contribution >= 0.6 is 11.6 Å². The van der Waals surface area contributed by atoms with E-state index >= 15 is 0 Å². The molecule has 0 bridgehead atoms. The predicted octanol–water partition coefficient (Wildman–Crippen LogP) is 4.89. The molecule has 1 atom stereocenters. The molecule has 1 fully saturated rings. The highest BCUT2D eigenvalue weighted by molar-refractivity contribution is 7.92. The van der Waals surface area contributed by atoms with Crippen LogP contribution in [-0.2, 0) is 28.1 Å². The Morgan fingerprint density at radius 1 is 1.20 bits per heavy atom. The Kier molecular flexibility index (Phi) is 7.90. The summed E-state index contributed by atoms with van der Waals surface area (Å²) >= 11 is 6.42. The Balaban J connectivity index is 1.44. The Hall–Kier alpha value is -3.38. The van der Waals surface area contributed by atoms with E-state index in [1.807, 2.05) is 4.90 Å². The average molecular weight is 602 g/mol. The van der Waals surface area contributed by atoms with E-state index in [0.717, 1.165) is 49.4 Å². The van der Waals surface area contributed by atoms with Crippen LogP contribution in [0.4, 0.5) is 23.1 Å². The molecular weight excluding hydrogens is 566 g/mol. The third kappa shape index (κ3) is 5.72. The lowest BCUT2D eigenvalue weighted by atomic mass is 9.82. The molecule has 1 amide bonds. The van der Waals surface area contributed by atoms with Crippen LogP contribution in [0.1, 0.15) is 63.1 Å². The van der Waals surface area contributed by atoms with Gasteiger partial charge in [0.1, 0.15) is 16.9 Å². The first kappa shape index (κ1) is 29.1. The number of carbonyl (C=O) groups is 1. The number of rotatable bonds is 7. The van der Waals surface area contributed by atoms with Gasteiger partial charge in [-0.3, -0.25) is 9.48 Å². The molecule has 2 aliphatic rings.